The number of hydrogen-bond acceptors (Lipinski definition) is 3. The Labute approximate surface area is 97.3 Å². The molecule has 0 heterocycles. The van der Waals surface area contributed by atoms with Crippen LogP contribution in [0.15, 0.2) is 12.2 Å². The van der Waals surface area contributed by atoms with E-state index in [0.717, 1.165) is 0 Å². The number of nitrogens with zero attached hydrogens (tertiary/aromatic N) is 1. The van der Waals surface area contributed by atoms with Gasteiger partial charge >= 0.3 is 5.97 Å². The monoisotopic (exact) mass is 227 g/mol. The molecule has 0 saturated carbocycles. The smallest absolute Gasteiger partial charge is 0.306 e. The zero-order valence-corrected chi connectivity index (χ0v) is 10.6. The first-order chi connectivity index (χ1) is 7.38. The Morgan fingerprint density at radius 3 is 2.38 bits per heavy atom. The number of likely N-dealkylation sites (N-methyl/N-ethyl adjacent to an activating group) is 1. The first-order valence-corrected chi connectivity index (χ1v) is 5.47. The fourth-order valence-corrected chi connectivity index (χ4v) is 1.04. The second kappa shape index (κ2) is 7.04. The summed E-state index contributed by atoms with van der Waals surface area (Å²) in [5.41, 5.74) is 0.307. The van der Waals surface area contributed by atoms with E-state index in [1.54, 1.807) is 7.05 Å². The minimum atomic E-state index is -0.289. The largest absolute Gasteiger partial charge is 0.461 e. The molecule has 0 unspecified atom stereocenters. The van der Waals surface area contributed by atoms with Crippen LogP contribution in [0, 0.1) is 5.92 Å². The first-order valence-electron chi connectivity index (χ1n) is 5.47. The van der Waals surface area contributed by atoms with Crippen LogP contribution >= 0.6 is 0 Å². The van der Waals surface area contributed by atoms with Crippen molar-refractivity contribution in [1.29, 1.82) is 0 Å². The molecule has 0 aromatic rings. The summed E-state index contributed by atoms with van der Waals surface area (Å²) in [5.74, 6) is -0.210. The highest BCUT2D eigenvalue weighted by Crippen LogP contribution is 2.04. The third-order valence-electron chi connectivity index (χ3n) is 2.11. The van der Waals surface area contributed by atoms with Crippen LogP contribution in [-0.2, 0) is 14.3 Å². The quantitative estimate of drug-likeness (QED) is 0.511. The molecule has 0 bridgehead atoms. The number of carbonyl (C=O) groups is 2. The highest BCUT2D eigenvalue weighted by molar-refractivity contribution is 5.93. The summed E-state index contributed by atoms with van der Waals surface area (Å²) in [7, 11) is 1.68. The highest BCUT2D eigenvalue weighted by Gasteiger charge is 2.13. The van der Waals surface area contributed by atoms with E-state index in [1.165, 1.54) is 4.90 Å². The Balaban J connectivity index is 3.98. The standard InChI is InChI=1S/C12H21NO3/c1-6-13(5)12(15)10(4)8-16-11(14)7-9(2)3/h9H,4,6-8H2,1-3,5H3. The van der Waals surface area contributed by atoms with Gasteiger partial charge in [0.1, 0.15) is 6.61 Å². The van der Waals surface area contributed by atoms with E-state index in [9.17, 15) is 9.59 Å². The van der Waals surface area contributed by atoms with Crippen LogP contribution in [-0.4, -0.2) is 37.0 Å². The fourth-order valence-electron chi connectivity index (χ4n) is 1.04. The SMILES string of the molecule is C=C(COC(=O)CC(C)C)C(=O)N(C)CC. The molecular formula is C12H21NO3. The van der Waals surface area contributed by atoms with Gasteiger partial charge in [0, 0.05) is 25.6 Å². The molecule has 0 rings (SSSR count). The van der Waals surface area contributed by atoms with Crippen LogP contribution in [0.1, 0.15) is 27.2 Å². The predicted molar refractivity (Wildman–Crippen MR) is 62.9 cm³/mol. The van der Waals surface area contributed by atoms with E-state index in [-0.39, 0.29) is 24.4 Å². The van der Waals surface area contributed by atoms with Crippen molar-refractivity contribution in [2.45, 2.75) is 27.2 Å². The van der Waals surface area contributed by atoms with Gasteiger partial charge in [-0.15, -0.1) is 0 Å². The Bertz CT molecular complexity index is 271. The van der Waals surface area contributed by atoms with E-state index >= 15 is 0 Å². The molecule has 4 nitrogen and oxygen atoms in total. The average molecular weight is 227 g/mol. The van der Waals surface area contributed by atoms with Gasteiger partial charge in [0.25, 0.3) is 5.91 Å². The molecule has 0 aliphatic rings. The summed E-state index contributed by atoms with van der Waals surface area (Å²) in [6.45, 7) is 9.94. The maximum absolute atomic E-state index is 11.5. The fraction of sp³-hybridized carbons (Fsp3) is 0.667. The van der Waals surface area contributed by atoms with Gasteiger partial charge in [-0.3, -0.25) is 9.59 Å². The van der Waals surface area contributed by atoms with Crippen molar-refractivity contribution in [1.82, 2.24) is 4.90 Å². The van der Waals surface area contributed by atoms with Gasteiger partial charge in [-0.05, 0) is 12.8 Å². The Morgan fingerprint density at radius 2 is 1.94 bits per heavy atom. The van der Waals surface area contributed by atoms with Gasteiger partial charge in [-0.2, -0.15) is 0 Å². The van der Waals surface area contributed by atoms with Crippen molar-refractivity contribution in [3.63, 3.8) is 0 Å². The van der Waals surface area contributed by atoms with Gasteiger partial charge in [0.05, 0.1) is 0 Å². The summed E-state index contributed by atoms with van der Waals surface area (Å²) in [4.78, 5) is 24.3. The average Bonchev–Trinajstić information content (AvgIpc) is 2.22. The zero-order valence-electron chi connectivity index (χ0n) is 10.6. The molecule has 0 N–H and O–H groups in total. The molecule has 0 saturated heterocycles. The molecule has 0 aliphatic carbocycles. The first kappa shape index (κ1) is 14.7. The van der Waals surface area contributed by atoms with Gasteiger partial charge in [-0.25, -0.2) is 0 Å². The van der Waals surface area contributed by atoms with Gasteiger partial charge in [0.15, 0.2) is 0 Å². The molecule has 0 aliphatic heterocycles. The van der Waals surface area contributed by atoms with Crippen LogP contribution in [0.25, 0.3) is 0 Å². The van der Waals surface area contributed by atoms with E-state index in [4.69, 9.17) is 4.74 Å². The minimum absolute atomic E-state index is 0.0191. The lowest BCUT2D eigenvalue weighted by Gasteiger charge is -2.16. The summed E-state index contributed by atoms with van der Waals surface area (Å²) in [6, 6.07) is 0. The van der Waals surface area contributed by atoms with Crippen LogP contribution in [0.4, 0.5) is 0 Å². The maximum atomic E-state index is 11.5. The number of carbonyl (C=O) groups excluding carboxylic acids is 2. The van der Waals surface area contributed by atoms with Gasteiger partial charge in [-0.1, -0.05) is 20.4 Å². The molecule has 0 spiro atoms. The van der Waals surface area contributed by atoms with Gasteiger partial charge < -0.3 is 9.64 Å². The van der Waals surface area contributed by atoms with E-state index in [2.05, 4.69) is 6.58 Å². The maximum Gasteiger partial charge on any atom is 0.306 e. The summed E-state index contributed by atoms with van der Waals surface area (Å²) in [6.07, 6.45) is 0.366. The highest BCUT2D eigenvalue weighted by atomic mass is 16.5. The van der Waals surface area contributed by atoms with Crippen LogP contribution in [0.2, 0.25) is 0 Å². The normalized spacial score (nSPS) is 10.1. The molecular weight excluding hydrogens is 206 g/mol. The number of hydrogen-bond donors (Lipinski definition) is 0. The van der Waals surface area contributed by atoms with E-state index < -0.39 is 0 Å². The zero-order chi connectivity index (χ0) is 12.7. The third kappa shape index (κ3) is 5.53. The van der Waals surface area contributed by atoms with Crippen molar-refractivity contribution < 1.29 is 14.3 Å². The molecule has 0 radical (unpaired) electrons. The Hall–Kier alpha value is -1.32. The lowest BCUT2D eigenvalue weighted by atomic mass is 10.1. The van der Waals surface area contributed by atoms with E-state index in [0.29, 0.717) is 18.5 Å². The van der Waals surface area contributed by atoms with Gasteiger partial charge in [0.2, 0.25) is 0 Å². The lowest BCUT2D eigenvalue weighted by Crippen LogP contribution is -2.29. The number of rotatable bonds is 6. The van der Waals surface area contributed by atoms with Crippen LogP contribution in [0.5, 0.6) is 0 Å². The van der Waals surface area contributed by atoms with Crippen molar-refractivity contribution in [3.05, 3.63) is 12.2 Å². The Morgan fingerprint density at radius 1 is 1.38 bits per heavy atom. The lowest BCUT2D eigenvalue weighted by molar-refractivity contribution is -0.143. The third-order valence-corrected chi connectivity index (χ3v) is 2.11. The van der Waals surface area contributed by atoms with Crippen molar-refractivity contribution >= 4 is 11.9 Å². The number of esters is 1. The predicted octanol–water partition coefficient (Wildman–Crippen LogP) is 1.61. The molecule has 16 heavy (non-hydrogen) atoms. The minimum Gasteiger partial charge on any atom is -0.461 e. The topological polar surface area (TPSA) is 46.6 Å². The number of amides is 1. The molecule has 0 aromatic carbocycles. The second-order valence-electron chi connectivity index (χ2n) is 4.18. The molecule has 1 amide bonds. The van der Waals surface area contributed by atoms with Crippen molar-refractivity contribution in [2.24, 2.45) is 5.92 Å². The number of ether oxygens (including phenoxy) is 1. The molecule has 92 valence electrons. The summed E-state index contributed by atoms with van der Waals surface area (Å²) < 4.78 is 4.94. The summed E-state index contributed by atoms with van der Waals surface area (Å²) in [5, 5.41) is 0. The van der Waals surface area contributed by atoms with Crippen molar-refractivity contribution in [3.8, 4) is 0 Å². The van der Waals surface area contributed by atoms with Crippen LogP contribution < -0.4 is 0 Å². The van der Waals surface area contributed by atoms with Crippen molar-refractivity contribution in [2.75, 3.05) is 20.2 Å². The Kier molecular flexibility index (Phi) is 6.46. The van der Waals surface area contributed by atoms with Crippen LogP contribution in [0.3, 0.4) is 0 Å². The molecule has 0 fully saturated rings. The molecule has 0 aromatic heterocycles. The van der Waals surface area contributed by atoms with E-state index in [1.807, 2.05) is 20.8 Å². The second-order valence-corrected chi connectivity index (χ2v) is 4.18. The summed E-state index contributed by atoms with van der Waals surface area (Å²) >= 11 is 0. The molecule has 0 atom stereocenters. The molecule has 4 heteroatoms.